The zero-order chi connectivity index (χ0) is 14.1. The molecule has 0 bridgehead atoms. The Morgan fingerprint density at radius 1 is 1.32 bits per heavy atom. The fourth-order valence-electron chi connectivity index (χ4n) is 1.98. The molecule has 1 aromatic rings. The van der Waals surface area contributed by atoms with E-state index in [-0.39, 0.29) is 18.7 Å². The molecule has 4 nitrogen and oxygen atoms in total. The molecule has 0 saturated heterocycles. The SMILES string of the molecule is CCC(CNC(=O)N[C@H](C)CCO)c1ccccc1. The van der Waals surface area contributed by atoms with Crippen LogP contribution in [0.1, 0.15) is 38.2 Å². The summed E-state index contributed by atoms with van der Waals surface area (Å²) in [6.07, 6.45) is 1.56. The normalized spacial score (nSPS) is 13.6. The van der Waals surface area contributed by atoms with Crippen LogP contribution < -0.4 is 10.6 Å². The number of rotatable bonds is 7. The van der Waals surface area contributed by atoms with Gasteiger partial charge in [0.1, 0.15) is 0 Å². The van der Waals surface area contributed by atoms with Crippen LogP contribution in [0.3, 0.4) is 0 Å². The van der Waals surface area contributed by atoms with Gasteiger partial charge < -0.3 is 15.7 Å². The number of nitrogens with one attached hydrogen (secondary N) is 2. The van der Waals surface area contributed by atoms with Crippen molar-refractivity contribution in [1.29, 1.82) is 0 Å². The van der Waals surface area contributed by atoms with Gasteiger partial charge in [-0.3, -0.25) is 0 Å². The molecule has 19 heavy (non-hydrogen) atoms. The second kappa shape index (κ2) is 8.53. The van der Waals surface area contributed by atoms with Gasteiger partial charge in [-0.25, -0.2) is 4.79 Å². The van der Waals surface area contributed by atoms with Gasteiger partial charge in [0, 0.05) is 25.1 Å². The number of hydrogen-bond donors (Lipinski definition) is 3. The van der Waals surface area contributed by atoms with Crippen LogP contribution in [0.15, 0.2) is 30.3 Å². The summed E-state index contributed by atoms with van der Waals surface area (Å²) in [4.78, 5) is 11.7. The summed E-state index contributed by atoms with van der Waals surface area (Å²) in [5.74, 6) is 0.333. The van der Waals surface area contributed by atoms with Gasteiger partial charge >= 0.3 is 6.03 Å². The Morgan fingerprint density at radius 3 is 2.58 bits per heavy atom. The van der Waals surface area contributed by atoms with Crippen LogP contribution in [0.25, 0.3) is 0 Å². The van der Waals surface area contributed by atoms with Gasteiger partial charge in [0.2, 0.25) is 0 Å². The van der Waals surface area contributed by atoms with Gasteiger partial charge in [-0.1, -0.05) is 37.3 Å². The van der Waals surface area contributed by atoms with E-state index in [1.165, 1.54) is 5.56 Å². The van der Waals surface area contributed by atoms with E-state index in [0.717, 1.165) is 6.42 Å². The molecule has 0 aromatic heterocycles. The zero-order valence-electron chi connectivity index (χ0n) is 11.7. The van der Waals surface area contributed by atoms with Crippen molar-refractivity contribution in [3.05, 3.63) is 35.9 Å². The first kappa shape index (κ1) is 15.5. The number of amides is 2. The van der Waals surface area contributed by atoms with E-state index in [1.54, 1.807) is 0 Å². The van der Waals surface area contributed by atoms with E-state index in [4.69, 9.17) is 5.11 Å². The predicted octanol–water partition coefficient (Wildman–Crippen LogP) is 2.25. The second-order valence-corrected chi connectivity index (χ2v) is 4.78. The molecule has 1 aromatic carbocycles. The minimum atomic E-state index is -0.171. The first-order valence-electron chi connectivity index (χ1n) is 6.87. The van der Waals surface area contributed by atoms with E-state index in [1.807, 2.05) is 25.1 Å². The molecule has 106 valence electrons. The average Bonchev–Trinajstić information content (AvgIpc) is 2.41. The Balaban J connectivity index is 2.39. The average molecular weight is 264 g/mol. The Labute approximate surface area is 115 Å². The number of aliphatic hydroxyl groups is 1. The van der Waals surface area contributed by atoms with E-state index in [2.05, 4.69) is 29.7 Å². The maximum atomic E-state index is 11.7. The number of carbonyl (C=O) groups is 1. The Morgan fingerprint density at radius 2 is 2.00 bits per heavy atom. The van der Waals surface area contributed by atoms with E-state index in [0.29, 0.717) is 18.9 Å². The van der Waals surface area contributed by atoms with Crippen LogP contribution in [0.4, 0.5) is 4.79 Å². The Kier molecular flexibility index (Phi) is 6.97. The highest BCUT2D eigenvalue weighted by atomic mass is 16.3. The van der Waals surface area contributed by atoms with E-state index >= 15 is 0 Å². The summed E-state index contributed by atoms with van der Waals surface area (Å²) in [5, 5.41) is 14.5. The second-order valence-electron chi connectivity index (χ2n) is 4.78. The van der Waals surface area contributed by atoms with Crippen molar-refractivity contribution in [2.75, 3.05) is 13.2 Å². The van der Waals surface area contributed by atoms with Crippen molar-refractivity contribution < 1.29 is 9.90 Å². The summed E-state index contributed by atoms with van der Waals surface area (Å²) >= 11 is 0. The van der Waals surface area contributed by atoms with Crippen LogP contribution in [0.2, 0.25) is 0 Å². The number of hydrogen-bond acceptors (Lipinski definition) is 2. The third-order valence-corrected chi connectivity index (χ3v) is 3.21. The molecule has 2 amide bonds. The first-order chi connectivity index (χ1) is 9.17. The lowest BCUT2D eigenvalue weighted by Gasteiger charge is -2.18. The molecule has 1 rings (SSSR count). The standard InChI is InChI=1S/C15H24N2O2/c1-3-13(14-7-5-4-6-8-14)11-16-15(19)17-12(2)9-10-18/h4-8,12-13,18H,3,9-11H2,1-2H3,(H2,16,17,19)/t12-,13?/m1/s1. The predicted molar refractivity (Wildman–Crippen MR) is 77.2 cm³/mol. The molecule has 0 radical (unpaired) electrons. The molecule has 3 N–H and O–H groups in total. The van der Waals surface area contributed by atoms with Crippen LogP contribution in [0.5, 0.6) is 0 Å². The molecular formula is C15H24N2O2. The first-order valence-corrected chi connectivity index (χ1v) is 6.87. The van der Waals surface area contributed by atoms with Crippen molar-refractivity contribution in [1.82, 2.24) is 10.6 Å². The maximum Gasteiger partial charge on any atom is 0.315 e. The van der Waals surface area contributed by atoms with Crippen LogP contribution in [-0.2, 0) is 0 Å². The highest BCUT2D eigenvalue weighted by Gasteiger charge is 2.11. The highest BCUT2D eigenvalue weighted by Crippen LogP contribution is 2.17. The van der Waals surface area contributed by atoms with Crippen molar-refractivity contribution in [2.24, 2.45) is 0 Å². The van der Waals surface area contributed by atoms with Gasteiger partial charge in [0.25, 0.3) is 0 Å². The quantitative estimate of drug-likeness (QED) is 0.707. The van der Waals surface area contributed by atoms with Gasteiger partial charge in [0.05, 0.1) is 0 Å². The Bertz CT molecular complexity index is 368. The fraction of sp³-hybridized carbons (Fsp3) is 0.533. The molecule has 4 heteroatoms. The van der Waals surface area contributed by atoms with Crippen molar-refractivity contribution in [3.8, 4) is 0 Å². The number of urea groups is 1. The lowest BCUT2D eigenvalue weighted by atomic mass is 9.97. The third-order valence-electron chi connectivity index (χ3n) is 3.21. The molecule has 0 aliphatic rings. The van der Waals surface area contributed by atoms with Crippen LogP contribution >= 0.6 is 0 Å². The van der Waals surface area contributed by atoms with Crippen molar-refractivity contribution in [3.63, 3.8) is 0 Å². The number of aliphatic hydroxyl groups excluding tert-OH is 1. The van der Waals surface area contributed by atoms with Gasteiger partial charge in [0.15, 0.2) is 0 Å². The molecule has 0 aliphatic carbocycles. The summed E-state index contributed by atoms with van der Waals surface area (Å²) in [6.45, 7) is 4.71. The van der Waals surface area contributed by atoms with Crippen LogP contribution in [0, 0.1) is 0 Å². The number of benzene rings is 1. The molecule has 2 atom stereocenters. The summed E-state index contributed by atoms with van der Waals surface area (Å²) in [6, 6.07) is 10.0. The molecule has 0 fully saturated rings. The molecule has 0 spiro atoms. The smallest absolute Gasteiger partial charge is 0.315 e. The minimum absolute atomic E-state index is 0.0122. The lowest BCUT2D eigenvalue weighted by Crippen LogP contribution is -2.42. The van der Waals surface area contributed by atoms with Crippen LogP contribution in [-0.4, -0.2) is 30.3 Å². The van der Waals surface area contributed by atoms with Gasteiger partial charge in [-0.2, -0.15) is 0 Å². The van der Waals surface area contributed by atoms with Crippen molar-refractivity contribution in [2.45, 2.75) is 38.6 Å². The topological polar surface area (TPSA) is 61.4 Å². The van der Waals surface area contributed by atoms with E-state index < -0.39 is 0 Å². The van der Waals surface area contributed by atoms with Gasteiger partial charge in [-0.05, 0) is 25.3 Å². The van der Waals surface area contributed by atoms with Crippen molar-refractivity contribution >= 4 is 6.03 Å². The summed E-state index contributed by atoms with van der Waals surface area (Å²) in [5.41, 5.74) is 1.24. The molecule has 0 heterocycles. The molecule has 0 saturated carbocycles. The molecular weight excluding hydrogens is 240 g/mol. The summed E-state index contributed by atoms with van der Waals surface area (Å²) < 4.78 is 0. The molecule has 0 aliphatic heterocycles. The largest absolute Gasteiger partial charge is 0.396 e. The lowest BCUT2D eigenvalue weighted by molar-refractivity contribution is 0.230. The fourth-order valence-corrected chi connectivity index (χ4v) is 1.98. The van der Waals surface area contributed by atoms with E-state index in [9.17, 15) is 4.79 Å². The maximum absolute atomic E-state index is 11.7. The zero-order valence-corrected chi connectivity index (χ0v) is 11.7. The monoisotopic (exact) mass is 264 g/mol. The Hall–Kier alpha value is -1.55. The number of carbonyl (C=O) groups excluding carboxylic acids is 1. The molecule has 1 unspecified atom stereocenters. The van der Waals surface area contributed by atoms with Gasteiger partial charge in [-0.15, -0.1) is 0 Å². The minimum Gasteiger partial charge on any atom is -0.396 e. The summed E-state index contributed by atoms with van der Waals surface area (Å²) in [7, 11) is 0. The third kappa shape index (κ3) is 5.75. The highest BCUT2D eigenvalue weighted by molar-refractivity contribution is 5.74.